The highest BCUT2D eigenvalue weighted by Gasteiger charge is 2.20. The fraction of sp³-hybridized carbons (Fsp3) is 0.235. The van der Waals surface area contributed by atoms with Crippen LogP contribution >= 0.6 is 0 Å². The SMILES string of the molecule is Cc1ccc2c(c1)CCCN2c1cc(C(N)=O)ccc1N. The van der Waals surface area contributed by atoms with Crippen molar-refractivity contribution in [2.24, 2.45) is 5.73 Å². The first-order chi connectivity index (χ1) is 10.1. The number of benzene rings is 2. The molecule has 1 amide bonds. The van der Waals surface area contributed by atoms with Crippen LogP contribution in [0.25, 0.3) is 0 Å². The van der Waals surface area contributed by atoms with Gasteiger partial charge in [-0.15, -0.1) is 0 Å². The van der Waals surface area contributed by atoms with Crippen molar-refractivity contribution >= 4 is 23.0 Å². The lowest BCUT2D eigenvalue weighted by Crippen LogP contribution is -2.26. The van der Waals surface area contributed by atoms with E-state index in [1.165, 1.54) is 16.8 Å². The summed E-state index contributed by atoms with van der Waals surface area (Å²) in [5, 5.41) is 0. The van der Waals surface area contributed by atoms with E-state index >= 15 is 0 Å². The number of nitrogen functional groups attached to an aromatic ring is 1. The van der Waals surface area contributed by atoms with E-state index in [4.69, 9.17) is 11.5 Å². The number of primary amides is 1. The van der Waals surface area contributed by atoms with E-state index < -0.39 is 5.91 Å². The number of amides is 1. The first kappa shape index (κ1) is 13.5. The van der Waals surface area contributed by atoms with Crippen LogP contribution < -0.4 is 16.4 Å². The van der Waals surface area contributed by atoms with Gasteiger partial charge in [-0.1, -0.05) is 17.7 Å². The van der Waals surface area contributed by atoms with Crippen LogP contribution in [-0.2, 0) is 6.42 Å². The molecule has 1 aliphatic heterocycles. The number of hydrogen-bond acceptors (Lipinski definition) is 3. The molecule has 0 unspecified atom stereocenters. The molecule has 1 heterocycles. The molecular formula is C17H19N3O. The zero-order chi connectivity index (χ0) is 15.0. The Bertz CT molecular complexity index is 709. The number of nitrogens with two attached hydrogens (primary N) is 2. The van der Waals surface area contributed by atoms with Crippen molar-refractivity contribution in [1.82, 2.24) is 0 Å². The van der Waals surface area contributed by atoms with E-state index in [-0.39, 0.29) is 0 Å². The molecule has 0 radical (unpaired) electrons. The molecule has 1 aliphatic rings. The molecule has 2 aromatic carbocycles. The van der Waals surface area contributed by atoms with Gasteiger partial charge in [0.25, 0.3) is 0 Å². The number of fused-ring (bicyclic) bond motifs is 1. The van der Waals surface area contributed by atoms with Crippen molar-refractivity contribution in [2.75, 3.05) is 17.2 Å². The van der Waals surface area contributed by atoms with E-state index in [9.17, 15) is 4.79 Å². The van der Waals surface area contributed by atoms with E-state index in [0.717, 1.165) is 25.1 Å². The molecular weight excluding hydrogens is 262 g/mol. The highest BCUT2D eigenvalue weighted by molar-refractivity contribution is 5.95. The maximum absolute atomic E-state index is 11.4. The van der Waals surface area contributed by atoms with Crippen LogP contribution in [0.15, 0.2) is 36.4 Å². The van der Waals surface area contributed by atoms with Gasteiger partial charge in [0.05, 0.1) is 11.4 Å². The van der Waals surface area contributed by atoms with Crippen molar-refractivity contribution in [3.8, 4) is 0 Å². The van der Waals surface area contributed by atoms with Gasteiger partial charge in [0.2, 0.25) is 5.91 Å². The number of anilines is 3. The molecule has 0 aliphatic carbocycles. The summed E-state index contributed by atoms with van der Waals surface area (Å²) in [6.45, 7) is 2.99. The molecule has 0 aromatic heterocycles. The lowest BCUT2D eigenvalue weighted by molar-refractivity contribution is 0.100. The number of carbonyl (C=O) groups excluding carboxylic acids is 1. The molecule has 2 aromatic rings. The summed E-state index contributed by atoms with van der Waals surface area (Å²) in [7, 11) is 0. The minimum Gasteiger partial charge on any atom is -0.397 e. The van der Waals surface area contributed by atoms with Crippen LogP contribution in [0.2, 0.25) is 0 Å². The average Bonchev–Trinajstić information content (AvgIpc) is 2.46. The summed E-state index contributed by atoms with van der Waals surface area (Å²) in [5.41, 5.74) is 17.2. The summed E-state index contributed by atoms with van der Waals surface area (Å²) in [4.78, 5) is 13.6. The number of aryl methyl sites for hydroxylation is 2. The third-order valence-electron chi connectivity index (χ3n) is 3.96. The van der Waals surface area contributed by atoms with Gasteiger partial charge in [0.15, 0.2) is 0 Å². The van der Waals surface area contributed by atoms with E-state index in [1.54, 1.807) is 18.2 Å². The normalized spacial score (nSPS) is 13.9. The lowest BCUT2D eigenvalue weighted by atomic mass is 9.98. The molecule has 0 saturated heterocycles. The molecule has 21 heavy (non-hydrogen) atoms. The smallest absolute Gasteiger partial charge is 0.248 e. The maximum Gasteiger partial charge on any atom is 0.248 e. The Labute approximate surface area is 124 Å². The van der Waals surface area contributed by atoms with Crippen LogP contribution in [0.3, 0.4) is 0 Å². The molecule has 4 heteroatoms. The largest absolute Gasteiger partial charge is 0.397 e. The van der Waals surface area contributed by atoms with Crippen LogP contribution in [0.4, 0.5) is 17.1 Å². The Balaban J connectivity index is 2.10. The van der Waals surface area contributed by atoms with Crippen molar-refractivity contribution in [3.05, 3.63) is 53.1 Å². The molecule has 108 valence electrons. The molecule has 0 fully saturated rings. The quantitative estimate of drug-likeness (QED) is 0.831. The second-order valence-electron chi connectivity index (χ2n) is 5.53. The van der Waals surface area contributed by atoms with Gasteiger partial charge >= 0.3 is 0 Å². The molecule has 0 bridgehead atoms. The maximum atomic E-state index is 11.4. The molecule has 0 saturated carbocycles. The summed E-state index contributed by atoms with van der Waals surface area (Å²) >= 11 is 0. The van der Waals surface area contributed by atoms with E-state index in [2.05, 4.69) is 30.0 Å². The first-order valence-corrected chi connectivity index (χ1v) is 7.12. The monoisotopic (exact) mass is 281 g/mol. The molecule has 0 spiro atoms. The Morgan fingerprint density at radius 3 is 2.71 bits per heavy atom. The Kier molecular flexibility index (Phi) is 3.29. The third-order valence-corrected chi connectivity index (χ3v) is 3.96. The lowest BCUT2D eigenvalue weighted by Gasteiger charge is -2.32. The summed E-state index contributed by atoms with van der Waals surface area (Å²) < 4.78 is 0. The van der Waals surface area contributed by atoms with Gasteiger partial charge in [-0.05, 0) is 49.6 Å². The zero-order valence-corrected chi connectivity index (χ0v) is 12.1. The van der Waals surface area contributed by atoms with Gasteiger partial charge in [0.1, 0.15) is 0 Å². The number of hydrogen-bond donors (Lipinski definition) is 2. The Morgan fingerprint density at radius 2 is 1.95 bits per heavy atom. The summed E-state index contributed by atoms with van der Waals surface area (Å²) in [5.74, 6) is -0.433. The second kappa shape index (κ2) is 5.13. The standard InChI is InChI=1S/C17H19N3O/c1-11-4-7-15-12(9-11)3-2-8-20(15)16-10-13(17(19)21)5-6-14(16)18/h4-7,9-10H,2-3,8,18H2,1H3,(H2,19,21). The van der Waals surface area contributed by atoms with E-state index in [0.29, 0.717) is 11.3 Å². The van der Waals surface area contributed by atoms with Crippen molar-refractivity contribution in [1.29, 1.82) is 0 Å². The number of carbonyl (C=O) groups is 1. The summed E-state index contributed by atoms with van der Waals surface area (Å²) in [6, 6.07) is 11.6. The van der Waals surface area contributed by atoms with Gasteiger partial charge in [-0.3, -0.25) is 4.79 Å². The van der Waals surface area contributed by atoms with Gasteiger partial charge in [-0.2, -0.15) is 0 Å². The predicted octanol–water partition coefficient (Wildman–Crippen LogP) is 2.76. The van der Waals surface area contributed by atoms with E-state index in [1.807, 2.05) is 0 Å². The third kappa shape index (κ3) is 2.44. The van der Waals surface area contributed by atoms with Gasteiger partial charge in [0, 0.05) is 17.8 Å². The van der Waals surface area contributed by atoms with Crippen LogP contribution in [0, 0.1) is 6.92 Å². The summed E-state index contributed by atoms with van der Waals surface area (Å²) in [6.07, 6.45) is 2.14. The molecule has 4 nitrogen and oxygen atoms in total. The molecule has 0 atom stereocenters. The average molecular weight is 281 g/mol. The van der Waals surface area contributed by atoms with Crippen LogP contribution in [-0.4, -0.2) is 12.5 Å². The highest BCUT2D eigenvalue weighted by Crippen LogP contribution is 2.37. The molecule has 4 N–H and O–H groups in total. The van der Waals surface area contributed by atoms with Crippen molar-refractivity contribution in [3.63, 3.8) is 0 Å². The van der Waals surface area contributed by atoms with Crippen molar-refractivity contribution < 1.29 is 4.79 Å². The van der Waals surface area contributed by atoms with Gasteiger partial charge in [-0.25, -0.2) is 0 Å². The van der Waals surface area contributed by atoms with Crippen LogP contribution in [0.5, 0.6) is 0 Å². The predicted molar refractivity (Wildman–Crippen MR) is 85.9 cm³/mol. The number of nitrogens with zero attached hydrogens (tertiary/aromatic N) is 1. The second-order valence-corrected chi connectivity index (χ2v) is 5.53. The minimum atomic E-state index is -0.433. The Morgan fingerprint density at radius 1 is 1.14 bits per heavy atom. The highest BCUT2D eigenvalue weighted by atomic mass is 16.1. The topological polar surface area (TPSA) is 72.3 Å². The minimum absolute atomic E-state index is 0.433. The van der Waals surface area contributed by atoms with Crippen LogP contribution in [0.1, 0.15) is 27.9 Å². The molecule has 3 rings (SSSR count). The zero-order valence-electron chi connectivity index (χ0n) is 12.1. The number of rotatable bonds is 2. The van der Waals surface area contributed by atoms with Gasteiger partial charge < -0.3 is 16.4 Å². The van der Waals surface area contributed by atoms with Crippen molar-refractivity contribution in [2.45, 2.75) is 19.8 Å². The Hall–Kier alpha value is -2.49. The fourth-order valence-corrected chi connectivity index (χ4v) is 2.91. The fourth-order valence-electron chi connectivity index (χ4n) is 2.91. The first-order valence-electron chi connectivity index (χ1n) is 7.12.